The van der Waals surface area contributed by atoms with E-state index in [1.165, 1.54) is 0 Å². The van der Waals surface area contributed by atoms with Crippen molar-refractivity contribution in [1.29, 1.82) is 5.26 Å². The van der Waals surface area contributed by atoms with Gasteiger partial charge in [-0.3, -0.25) is 0 Å². The van der Waals surface area contributed by atoms with Gasteiger partial charge in [0.15, 0.2) is 0 Å². The predicted octanol–water partition coefficient (Wildman–Crippen LogP) is 2.78. The van der Waals surface area contributed by atoms with E-state index in [0.717, 1.165) is 24.2 Å². The fourth-order valence-electron chi connectivity index (χ4n) is 1.47. The van der Waals surface area contributed by atoms with Crippen LogP contribution < -0.4 is 10.5 Å². The van der Waals surface area contributed by atoms with Gasteiger partial charge in [0.25, 0.3) is 0 Å². The number of nitrogens with two attached hydrogens (primary N) is 1. The Kier molecular flexibility index (Phi) is 5.38. The van der Waals surface area contributed by atoms with Gasteiger partial charge in [0, 0.05) is 18.0 Å². The molecule has 0 aromatic heterocycles. The first-order valence-corrected chi connectivity index (χ1v) is 5.63. The molecule has 1 aromatic carbocycles. The fraction of sp³-hybridized carbons (Fsp3) is 0.462. The molecule has 0 spiro atoms. The number of para-hydroxylation sites is 1. The van der Waals surface area contributed by atoms with Crippen LogP contribution in [-0.4, -0.2) is 6.61 Å². The van der Waals surface area contributed by atoms with Crippen LogP contribution >= 0.6 is 0 Å². The van der Waals surface area contributed by atoms with Crippen molar-refractivity contribution in [2.45, 2.75) is 32.2 Å². The molecular formula is C13H18N2O. The molecular weight excluding hydrogens is 200 g/mol. The van der Waals surface area contributed by atoms with E-state index in [-0.39, 0.29) is 6.04 Å². The highest BCUT2D eigenvalue weighted by Crippen LogP contribution is 2.25. The lowest BCUT2D eigenvalue weighted by Crippen LogP contribution is -2.11. The lowest BCUT2D eigenvalue weighted by Gasteiger charge is -2.15. The summed E-state index contributed by atoms with van der Waals surface area (Å²) < 4.78 is 5.63. The largest absolute Gasteiger partial charge is 0.493 e. The van der Waals surface area contributed by atoms with Crippen LogP contribution in [0.5, 0.6) is 5.75 Å². The summed E-state index contributed by atoms with van der Waals surface area (Å²) >= 11 is 0. The van der Waals surface area contributed by atoms with Crippen LogP contribution in [0, 0.1) is 11.3 Å². The Morgan fingerprint density at radius 2 is 2.19 bits per heavy atom. The second kappa shape index (κ2) is 6.86. The summed E-state index contributed by atoms with van der Waals surface area (Å²) in [6, 6.07) is 9.94. The maximum Gasteiger partial charge on any atom is 0.124 e. The number of nitrogens with zero attached hydrogens (tertiary/aromatic N) is 1. The van der Waals surface area contributed by atoms with E-state index in [0.29, 0.717) is 13.0 Å². The first-order chi connectivity index (χ1) is 7.79. The number of unbranched alkanes of at least 4 members (excludes halogenated alkanes) is 1. The smallest absolute Gasteiger partial charge is 0.124 e. The third-order valence-corrected chi connectivity index (χ3v) is 2.45. The van der Waals surface area contributed by atoms with E-state index < -0.39 is 0 Å². The van der Waals surface area contributed by atoms with E-state index in [4.69, 9.17) is 15.7 Å². The molecule has 16 heavy (non-hydrogen) atoms. The Balaban J connectivity index is 2.61. The molecule has 1 aromatic rings. The molecule has 0 aliphatic carbocycles. The Hall–Kier alpha value is -1.53. The number of nitriles is 1. The number of rotatable bonds is 6. The summed E-state index contributed by atoms with van der Waals surface area (Å²) in [6.45, 7) is 2.62. The van der Waals surface area contributed by atoms with Crippen LogP contribution in [0.4, 0.5) is 0 Å². The number of ether oxygens (including phenoxy) is 1. The molecule has 3 nitrogen and oxygen atoms in total. The van der Waals surface area contributed by atoms with Crippen molar-refractivity contribution in [2.75, 3.05) is 6.61 Å². The van der Waals surface area contributed by atoms with Crippen molar-refractivity contribution in [2.24, 2.45) is 5.73 Å². The molecule has 0 heterocycles. The molecule has 1 atom stereocenters. The summed E-state index contributed by atoms with van der Waals surface area (Å²) in [4.78, 5) is 0. The van der Waals surface area contributed by atoms with Gasteiger partial charge in [0.1, 0.15) is 5.75 Å². The van der Waals surface area contributed by atoms with Crippen molar-refractivity contribution in [3.05, 3.63) is 29.8 Å². The first-order valence-electron chi connectivity index (χ1n) is 5.63. The Morgan fingerprint density at radius 1 is 1.44 bits per heavy atom. The quantitative estimate of drug-likeness (QED) is 0.747. The normalized spacial score (nSPS) is 11.8. The molecule has 3 heteroatoms. The molecule has 0 bridgehead atoms. The van der Waals surface area contributed by atoms with E-state index in [9.17, 15) is 0 Å². The van der Waals surface area contributed by atoms with Crippen LogP contribution in [0.1, 0.15) is 37.8 Å². The highest BCUT2D eigenvalue weighted by molar-refractivity contribution is 5.35. The zero-order valence-corrected chi connectivity index (χ0v) is 9.65. The maximum atomic E-state index is 8.42. The van der Waals surface area contributed by atoms with Crippen LogP contribution in [0.2, 0.25) is 0 Å². The van der Waals surface area contributed by atoms with E-state index in [2.05, 4.69) is 13.0 Å². The van der Waals surface area contributed by atoms with Gasteiger partial charge in [-0.25, -0.2) is 0 Å². The maximum absolute atomic E-state index is 8.42. The zero-order valence-electron chi connectivity index (χ0n) is 9.65. The molecule has 0 aliphatic heterocycles. The molecule has 1 rings (SSSR count). The number of hydrogen-bond donors (Lipinski definition) is 1. The molecule has 86 valence electrons. The van der Waals surface area contributed by atoms with Gasteiger partial charge in [-0.15, -0.1) is 0 Å². The van der Waals surface area contributed by atoms with Gasteiger partial charge in [-0.1, -0.05) is 25.1 Å². The first kappa shape index (κ1) is 12.5. The summed E-state index contributed by atoms with van der Waals surface area (Å²) in [6.07, 6.45) is 2.17. The Bertz CT molecular complexity index is 357. The summed E-state index contributed by atoms with van der Waals surface area (Å²) in [5.41, 5.74) is 7.04. The Morgan fingerprint density at radius 3 is 2.88 bits per heavy atom. The average molecular weight is 218 g/mol. The molecule has 0 amide bonds. The molecule has 0 aliphatic rings. The van der Waals surface area contributed by atoms with Crippen LogP contribution in [0.3, 0.4) is 0 Å². The van der Waals surface area contributed by atoms with E-state index in [1.54, 1.807) is 0 Å². The zero-order chi connectivity index (χ0) is 11.8. The predicted molar refractivity (Wildman–Crippen MR) is 64.0 cm³/mol. The van der Waals surface area contributed by atoms with Gasteiger partial charge in [-0.2, -0.15) is 5.26 Å². The van der Waals surface area contributed by atoms with Crippen LogP contribution in [0.15, 0.2) is 24.3 Å². The topological polar surface area (TPSA) is 59.0 Å². The van der Waals surface area contributed by atoms with Crippen molar-refractivity contribution in [3.63, 3.8) is 0 Å². The standard InChI is InChI=1S/C13H18N2O/c1-2-12(15)11-7-3-4-8-13(11)16-10-6-5-9-14/h3-4,7-8,12H,2,5-6,10,15H2,1H3. The molecule has 1 unspecified atom stereocenters. The second-order valence-corrected chi connectivity index (χ2v) is 3.66. The molecule has 0 saturated heterocycles. The fourth-order valence-corrected chi connectivity index (χ4v) is 1.47. The van der Waals surface area contributed by atoms with Crippen LogP contribution in [0.25, 0.3) is 0 Å². The van der Waals surface area contributed by atoms with Crippen molar-refractivity contribution < 1.29 is 4.74 Å². The van der Waals surface area contributed by atoms with Gasteiger partial charge in [0.2, 0.25) is 0 Å². The van der Waals surface area contributed by atoms with E-state index in [1.807, 2.05) is 24.3 Å². The minimum Gasteiger partial charge on any atom is -0.493 e. The SMILES string of the molecule is CCC(N)c1ccccc1OCCCC#N. The minimum atomic E-state index is 0.0205. The molecule has 2 N–H and O–H groups in total. The number of benzene rings is 1. The molecule has 0 fully saturated rings. The summed E-state index contributed by atoms with van der Waals surface area (Å²) in [5, 5.41) is 8.42. The van der Waals surface area contributed by atoms with Crippen molar-refractivity contribution in [1.82, 2.24) is 0 Å². The summed E-state index contributed by atoms with van der Waals surface area (Å²) in [7, 11) is 0. The van der Waals surface area contributed by atoms with Gasteiger partial charge >= 0.3 is 0 Å². The lowest BCUT2D eigenvalue weighted by molar-refractivity contribution is 0.307. The summed E-state index contributed by atoms with van der Waals surface area (Å²) in [5.74, 6) is 0.842. The second-order valence-electron chi connectivity index (χ2n) is 3.66. The van der Waals surface area contributed by atoms with Crippen molar-refractivity contribution >= 4 is 0 Å². The highest BCUT2D eigenvalue weighted by atomic mass is 16.5. The highest BCUT2D eigenvalue weighted by Gasteiger charge is 2.09. The molecule has 0 saturated carbocycles. The average Bonchev–Trinajstić information content (AvgIpc) is 2.34. The monoisotopic (exact) mass is 218 g/mol. The van der Waals surface area contributed by atoms with Crippen molar-refractivity contribution in [3.8, 4) is 11.8 Å². The Labute approximate surface area is 96.8 Å². The van der Waals surface area contributed by atoms with E-state index >= 15 is 0 Å². The third-order valence-electron chi connectivity index (χ3n) is 2.45. The number of hydrogen-bond acceptors (Lipinski definition) is 3. The van der Waals surface area contributed by atoms with Gasteiger partial charge in [-0.05, 0) is 18.9 Å². The minimum absolute atomic E-state index is 0.0205. The lowest BCUT2D eigenvalue weighted by atomic mass is 10.0. The van der Waals surface area contributed by atoms with Crippen LogP contribution in [-0.2, 0) is 0 Å². The van der Waals surface area contributed by atoms with Gasteiger partial charge in [0.05, 0.1) is 12.7 Å². The van der Waals surface area contributed by atoms with Gasteiger partial charge < -0.3 is 10.5 Å². The third kappa shape index (κ3) is 3.56. The molecule has 0 radical (unpaired) electrons.